The molecule has 0 fully saturated rings. The molecule has 3 N–H and O–H groups in total. The Morgan fingerprint density at radius 1 is 1.42 bits per heavy atom. The largest absolute Gasteiger partial charge is 0.466 e. The molecule has 19 heavy (non-hydrogen) atoms. The number of amides is 1. The molecule has 0 aliphatic heterocycles. The number of thiazole rings is 1. The number of nitrogens with two attached hydrogens (primary N) is 1. The van der Waals surface area contributed by atoms with Crippen molar-refractivity contribution in [1.29, 1.82) is 0 Å². The van der Waals surface area contributed by atoms with Gasteiger partial charge in [0.25, 0.3) is 0 Å². The topological polar surface area (TPSA) is 94.3 Å². The maximum atomic E-state index is 11.5. The minimum absolute atomic E-state index is 0.0288. The lowest BCUT2D eigenvalue weighted by Gasteiger charge is -2.00. The summed E-state index contributed by atoms with van der Waals surface area (Å²) in [6.45, 7) is 4.08. The first-order chi connectivity index (χ1) is 9.06. The average molecular weight is 285 g/mol. The Kier molecular flexibility index (Phi) is 6.27. The third kappa shape index (κ3) is 5.25. The number of rotatable bonds is 7. The van der Waals surface area contributed by atoms with E-state index in [1.807, 2.05) is 6.92 Å². The zero-order valence-electron chi connectivity index (χ0n) is 11.2. The van der Waals surface area contributed by atoms with Crippen LogP contribution in [0, 0.1) is 0 Å². The maximum absolute atomic E-state index is 11.5. The number of anilines is 2. The van der Waals surface area contributed by atoms with Crippen molar-refractivity contribution >= 4 is 33.3 Å². The highest BCUT2D eigenvalue weighted by atomic mass is 32.1. The Balaban J connectivity index is 2.58. The summed E-state index contributed by atoms with van der Waals surface area (Å²) in [7, 11) is 0. The zero-order chi connectivity index (χ0) is 14.3. The second-order valence-corrected chi connectivity index (χ2v) is 4.99. The van der Waals surface area contributed by atoms with Crippen LogP contribution in [0.15, 0.2) is 0 Å². The van der Waals surface area contributed by atoms with Crippen LogP contribution in [0.25, 0.3) is 0 Å². The van der Waals surface area contributed by atoms with Crippen LogP contribution in [0.4, 0.5) is 10.1 Å². The summed E-state index contributed by atoms with van der Waals surface area (Å²) < 4.78 is 4.83. The van der Waals surface area contributed by atoms with E-state index in [4.69, 9.17) is 10.5 Å². The molecule has 0 spiro atoms. The van der Waals surface area contributed by atoms with Gasteiger partial charge < -0.3 is 15.8 Å². The number of nitrogen functional groups attached to an aromatic ring is 1. The van der Waals surface area contributed by atoms with Gasteiger partial charge in [-0.3, -0.25) is 9.59 Å². The van der Waals surface area contributed by atoms with E-state index in [0.717, 1.165) is 24.2 Å². The normalized spacial score (nSPS) is 10.2. The van der Waals surface area contributed by atoms with Gasteiger partial charge in [-0.1, -0.05) is 24.7 Å². The van der Waals surface area contributed by atoms with Crippen molar-refractivity contribution in [2.24, 2.45) is 0 Å². The predicted octanol–water partition coefficient (Wildman–Crippen LogP) is 1.96. The number of hydrogen-bond donors (Lipinski definition) is 2. The number of ether oxygens (including phenoxy) is 1. The first-order valence-corrected chi connectivity index (χ1v) is 7.09. The molecule has 1 heterocycles. The molecule has 106 valence electrons. The van der Waals surface area contributed by atoms with Crippen LogP contribution in [0.2, 0.25) is 0 Å². The third-order valence-electron chi connectivity index (χ3n) is 2.35. The smallest absolute Gasteiger partial charge is 0.311 e. The molecular formula is C12H19N3O3S. The molecule has 7 heteroatoms. The van der Waals surface area contributed by atoms with Crippen LogP contribution in [-0.4, -0.2) is 23.5 Å². The van der Waals surface area contributed by atoms with Crippen LogP contribution in [0.1, 0.15) is 38.8 Å². The lowest BCUT2D eigenvalue weighted by molar-refractivity contribution is -0.142. The number of unbranched alkanes of at least 4 members (excludes halogenated alkanes) is 1. The van der Waals surface area contributed by atoms with Crippen LogP contribution in [0.5, 0.6) is 0 Å². The number of aromatic nitrogens is 1. The van der Waals surface area contributed by atoms with Crippen molar-refractivity contribution in [2.75, 3.05) is 17.7 Å². The van der Waals surface area contributed by atoms with E-state index in [0.29, 0.717) is 28.9 Å². The van der Waals surface area contributed by atoms with Gasteiger partial charge in [-0.25, -0.2) is 4.98 Å². The number of nitrogens with zero attached hydrogens (tertiary/aromatic N) is 1. The number of nitrogens with one attached hydrogen (secondary N) is 1. The fourth-order valence-corrected chi connectivity index (χ4v) is 2.18. The predicted molar refractivity (Wildman–Crippen MR) is 75.0 cm³/mol. The van der Waals surface area contributed by atoms with Crippen LogP contribution < -0.4 is 11.1 Å². The molecule has 0 bridgehead atoms. The van der Waals surface area contributed by atoms with Gasteiger partial charge in [-0.15, -0.1) is 0 Å². The van der Waals surface area contributed by atoms with E-state index in [1.165, 1.54) is 0 Å². The first-order valence-electron chi connectivity index (χ1n) is 6.27. The number of esters is 1. The molecule has 1 rings (SSSR count). The second-order valence-electron chi connectivity index (χ2n) is 3.96. The van der Waals surface area contributed by atoms with E-state index >= 15 is 0 Å². The van der Waals surface area contributed by atoms with E-state index in [9.17, 15) is 9.59 Å². The monoisotopic (exact) mass is 285 g/mol. The van der Waals surface area contributed by atoms with Crippen molar-refractivity contribution in [3.8, 4) is 0 Å². The van der Waals surface area contributed by atoms with E-state index in [-0.39, 0.29) is 18.3 Å². The van der Waals surface area contributed by atoms with E-state index in [2.05, 4.69) is 10.3 Å². The summed E-state index contributed by atoms with van der Waals surface area (Å²) >= 11 is 1.16. The molecule has 0 unspecified atom stereocenters. The number of carbonyl (C=O) groups excluding carboxylic acids is 2. The maximum Gasteiger partial charge on any atom is 0.311 e. The summed E-state index contributed by atoms with van der Waals surface area (Å²) in [6.07, 6.45) is 2.29. The van der Waals surface area contributed by atoms with Gasteiger partial charge >= 0.3 is 5.97 Å². The SMILES string of the molecule is CCCCC(=O)Nc1nc(CC(=O)OCC)c(N)s1. The molecule has 1 aromatic heterocycles. The fraction of sp³-hybridized carbons (Fsp3) is 0.583. The average Bonchev–Trinajstić information content (AvgIpc) is 2.67. The van der Waals surface area contributed by atoms with Crippen molar-refractivity contribution < 1.29 is 14.3 Å². The Hall–Kier alpha value is -1.63. The standard InChI is InChI=1S/C12H19N3O3S/c1-3-5-6-9(16)15-12-14-8(11(13)19-12)7-10(17)18-4-2/h3-7,13H2,1-2H3,(H,14,15,16). The molecular weight excluding hydrogens is 266 g/mol. The molecule has 0 saturated heterocycles. The second kappa shape index (κ2) is 7.73. The van der Waals surface area contributed by atoms with E-state index in [1.54, 1.807) is 6.92 Å². The summed E-state index contributed by atoms with van der Waals surface area (Å²) in [6, 6.07) is 0. The van der Waals surface area contributed by atoms with Crippen molar-refractivity contribution in [1.82, 2.24) is 4.98 Å². The highest BCUT2D eigenvalue weighted by Crippen LogP contribution is 2.26. The molecule has 0 aliphatic carbocycles. The molecule has 0 radical (unpaired) electrons. The molecule has 6 nitrogen and oxygen atoms in total. The fourth-order valence-electron chi connectivity index (χ4n) is 1.41. The first kappa shape index (κ1) is 15.4. The Morgan fingerprint density at radius 2 is 2.16 bits per heavy atom. The van der Waals surface area contributed by atoms with Crippen molar-refractivity contribution in [3.63, 3.8) is 0 Å². The van der Waals surface area contributed by atoms with Gasteiger partial charge in [0.05, 0.1) is 18.7 Å². The quantitative estimate of drug-likeness (QED) is 0.747. The van der Waals surface area contributed by atoms with Gasteiger partial charge in [0.15, 0.2) is 5.13 Å². The summed E-state index contributed by atoms with van der Waals surface area (Å²) in [4.78, 5) is 27.0. The van der Waals surface area contributed by atoms with Gasteiger partial charge in [-0.05, 0) is 13.3 Å². The lowest BCUT2D eigenvalue weighted by atomic mass is 10.2. The number of hydrogen-bond acceptors (Lipinski definition) is 6. The summed E-state index contributed by atoms with van der Waals surface area (Å²) in [5, 5.41) is 3.54. The summed E-state index contributed by atoms with van der Waals surface area (Å²) in [5.41, 5.74) is 6.21. The Morgan fingerprint density at radius 3 is 2.79 bits per heavy atom. The molecule has 1 aromatic rings. The van der Waals surface area contributed by atoms with Gasteiger partial charge in [0, 0.05) is 6.42 Å². The Bertz CT molecular complexity index is 445. The molecule has 1 amide bonds. The van der Waals surface area contributed by atoms with E-state index < -0.39 is 0 Å². The van der Waals surface area contributed by atoms with Gasteiger partial charge in [0.1, 0.15) is 5.00 Å². The minimum Gasteiger partial charge on any atom is -0.466 e. The highest BCUT2D eigenvalue weighted by Gasteiger charge is 2.14. The molecule has 0 aromatic carbocycles. The van der Waals surface area contributed by atoms with Crippen LogP contribution >= 0.6 is 11.3 Å². The van der Waals surface area contributed by atoms with Crippen LogP contribution in [0.3, 0.4) is 0 Å². The zero-order valence-corrected chi connectivity index (χ0v) is 12.0. The van der Waals surface area contributed by atoms with Gasteiger partial charge in [0.2, 0.25) is 5.91 Å². The van der Waals surface area contributed by atoms with Crippen molar-refractivity contribution in [2.45, 2.75) is 39.5 Å². The molecule has 0 aliphatic rings. The third-order valence-corrected chi connectivity index (χ3v) is 3.19. The minimum atomic E-state index is -0.372. The Labute approximate surface area is 116 Å². The molecule has 0 atom stereocenters. The van der Waals surface area contributed by atoms with Crippen molar-refractivity contribution in [3.05, 3.63) is 5.69 Å². The highest BCUT2D eigenvalue weighted by molar-refractivity contribution is 7.19. The van der Waals surface area contributed by atoms with Gasteiger partial charge in [-0.2, -0.15) is 0 Å². The number of carbonyl (C=O) groups is 2. The molecule has 0 saturated carbocycles. The summed E-state index contributed by atoms with van der Waals surface area (Å²) in [5.74, 6) is -0.457. The lowest BCUT2D eigenvalue weighted by Crippen LogP contribution is -2.11. The van der Waals surface area contributed by atoms with Crippen LogP contribution in [-0.2, 0) is 20.7 Å².